The highest BCUT2D eigenvalue weighted by Gasteiger charge is 2.05. The minimum Gasteiger partial charge on any atom is -0.197 e. The third kappa shape index (κ3) is 11.6. The highest BCUT2D eigenvalue weighted by Crippen LogP contribution is 2.21. The van der Waals surface area contributed by atoms with E-state index in [1.165, 1.54) is 68.6 Å². The Kier molecular flexibility index (Phi) is 15.2. The molecule has 0 radical (unpaired) electrons. The molecule has 96 valence electrons. The maximum atomic E-state index is 2.48. The predicted octanol–water partition coefficient (Wildman–Crippen LogP) is 5.73. The lowest BCUT2D eigenvalue weighted by Gasteiger charge is -2.12. The molecular formula is C13H28BIS. The van der Waals surface area contributed by atoms with Gasteiger partial charge in [0.15, 0.2) is 0 Å². The number of halogens is 1. The molecule has 0 aromatic rings. The molecule has 0 bridgehead atoms. The van der Waals surface area contributed by atoms with Crippen LogP contribution in [0, 0.1) is 0 Å². The van der Waals surface area contributed by atoms with Crippen molar-refractivity contribution in [2.45, 2.75) is 83.3 Å². The number of hydrogen-bond acceptors (Lipinski definition) is 1. The van der Waals surface area contributed by atoms with E-state index in [4.69, 9.17) is 0 Å². The quantitative estimate of drug-likeness (QED) is 0.245. The lowest BCUT2D eigenvalue weighted by atomic mass is 10.1. The van der Waals surface area contributed by atoms with Crippen molar-refractivity contribution in [3.8, 4) is 0 Å². The van der Waals surface area contributed by atoms with E-state index in [0.717, 1.165) is 5.25 Å². The molecule has 3 heteroatoms. The van der Waals surface area contributed by atoms with Crippen LogP contribution in [-0.4, -0.2) is 9.66 Å². The van der Waals surface area contributed by atoms with Crippen LogP contribution in [0.1, 0.15) is 78.1 Å². The van der Waals surface area contributed by atoms with E-state index in [0.29, 0.717) is 0 Å². The topological polar surface area (TPSA) is 0 Å². The first kappa shape index (κ1) is 17.1. The van der Waals surface area contributed by atoms with Gasteiger partial charge >= 0.3 is 0 Å². The van der Waals surface area contributed by atoms with Gasteiger partial charge in [-0.25, -0.2) is 0 Å². The zero-order chi connectivity index (χ0) is 12.1. The van der Waals surface area contributed by atoms with E-state index >= 15 is 0 Å². The highest BCUT2D eigenvalue weighted by molar-refractivity contribution is 14.1. The highest BCUT2D eigenvalue weighted by atomic mass is 127. The molecule has 16 heavy (non-hydrogen) atoms. The summed E-state index contributed by atoms with van der Waals surface area (Å²) in [5, 5.41) is 0.928. The van der Waals surface area contributed by atoms with Crippen molar-refractivity contribution in [3.63, 3.8) is 0 Å². The standard InChI is InChI=1S/C13H28BIS/c1-3-5-6-7-8-9-10-11-12-13(4-2)16-14-15/h13-14H,3-12H2,1-2H3. The second kappa shape index (κ2) is 14.2. The van der Waals surface area contributed by atoms with Gasteiger partial charge in [-0.2, -0.15) is 11.6 Å². The summed E-state index contributed by atoms with van der Waals surface area (Å²) in [5.41, 5.74) is 0. The largest absolute Gasteiger partial charge is 0.264 e. The third-order valence-electron chi connectivity index (χ3n) is 3.13. The maximum absolute atomic E-state index is 2.48. The molecule has 0 amide bonds. The molecule has 1 atom stereocenters. The van der Waals surface area contributed by atoms with Crippen molar-refractivity contribution in [3.05, 3.63) is 0 Å². The van der Waals surface area contributed by atoms with Gasteiger partial charge < -0.3 is 0 Å². The van der Waals surface area contributed by atoms with E-state index in [2.05, 4.69) is 47.8 Å². The molecule has 0 aliphatic carbocycles. The molecule has 0 N–H and O–H groups in total. The monoisotopic (exact) mass is 354 g/mol. The Morgan fingerprint density at radius 1 is 0.938 bits per heavy atom. The van der Waals surface area contributed by atoms with Crippen LogP contribution in [0.15, 0.2) is 0 Å². The van der Waals surface area contributed by atoms with Gasteiger partial charge in [0, 0.05) is 0 Å². The second-order valence-corrected chi connectivity index (χ2v) is 7.66. The fourth-order valence-corrected chi connectivity index (χ4v) is 4.27. The molecule has 0 aliphatic heterocycles. The third-order valence-corrected chi connectivity index (χ3v) is 5.38. The Bertz CT molecular complexity index is 133. The minimum absolute atomic E-state index is 0.928. The normalized spacial score (nSPS) is 12.7. The van der Waals surface area contributed by atoms with Crippen molar-refractivity contribution in [2.75, 3.05) is 0 Å². The Morgan fingerprint density at radius 2 is 1.50 bits per heavy atom. The van der Waals surface area contributed by atoms with E-state index in [9.17, 15) is 0 Å². The smallest absolute Gasteiger partial charge is 0.197 e. The van der Waals surface area contributed by atoms with Crippen molar-refractivity contribution < 1.29 is 0 Å². The molecule has 0 aromatic heterocycles. The number of hydrogen-bond donors (Lipinski definition) is 0. The Hall–Kier alpha value is 1.14. The van der Waals surface area contributed by atoms with Gasteiger partial charge in [-0.3, -0.25) is 0 Å². The van der Waals surface area contributed by atoms with Crippen LogP contribution in [0.4, 0.5) is 0 Å². The lowest BCUT2D eigenvalue weighted by molar-refractivity contribution is 0.558. The van der Waals surface area contributed by atoms with Crippen molar-refractivity contribution >= 4 is 38.4 Å². The molecule has 0 heterocycles. The predicted molar refractivity (Wildman–Crippen MR) is 90.1 cm³/mol. The molecule has 0 aromatic carbocycles. The van der Waals surface area contributed by atoms with E-state index < -0.39 is 0 Å². The van der Waals surface area contributed by atoms with Gasteiger partial charge in [0.05, 0.1) is 0 Å². The lowest BCUT2D eigenvalue weighted by Crippen LogP contribution is -2.01. The second-order valence-electron chi connectivity index (χ2n) is 4.57. The van der Waals surface area contributed by atoms with E-state index in [1.807, 2.05) is 0 Å². The van der Waals surface area contributed by atoms with Crippen molar-refractivity contribution in [1.82, 2.24) is 0 Å². The Labute approximate surface area is 121 Å². The summed E-state index contributed by atoms with van der Waals surface area (Å²) in [5.74, 6) is 0. The first-order chi connectivity index (χ1) is 7.85. The molecule has 0 rings (SSSR count). The molecular weight excluding hydrogens is 326 g/mol. The molecule has 0 nitrogen and oxygen atoms in total. The number of rotatable bonds is 12. The maximum Gasteiger partial charge on any atom is 0.264 e. The van der Waals surface area contributed by atoms with Crippen LogP contribution in [0.25, 0.3) is 0 Å². The number of unbranched alkanes of at least 4 members (excludes halogenated alkanes) is 7. The Morgan fingerprint density at radius 3 is 2.00 bits per heavy atom. The minimum atomic E-state index is 0.928. The van der Waals surface area contributed by atoms with Crippen molar-refractivity contribution in [1.29, 1.82) is 0 Å². The van der Waals surface area contributed by atoms with Crippen LogP contribution in [0.3, 0.4) is 0 Å². The van der Waals surface area contributed by atoms with Crippen LogP contribution >= 0.6 is 34.0 Å². The van der Waals surface area contributed by atoms with Crippen molar-refractivity contribution in [2.24, 2.45) is 0 Å². The molecule has 0 saturated heterocycles. The zero-order valence-electron chi connectivity index (χ0n) is 11.1. The van der Waals surface area contributed by atoms with Gasteiger partial charge in [0.25, 0.3) is 4.41 Å². The fraction of sp³-hybridized carbons (Fsp3) is 1.00. The van der Waals surface area contributed by atoms with Gasteiger partial charge in [0.1, 0.15) is 0 Å². The SMILES string of the molecule is CCCCCCCCCCC(CC)SBI. The summed E-state index contributed by atoms with van der Waals surface area (Å²) in [7, 11) is 0. The first-order valence-corrected chi connectivity index (χ1v) is 9.60. The fourth-order valence-electron chi connectivity index (χ4n) is 2.00. The van der Waals surface area contributed by atoms with E-state index in [-0.39, 0.29) is 0 Å². The van der Waals surface area contributed by atoms with Gasteiger partial charge in [-0.05, 0) is 18.1 Å². The van der Waals surface area contributed by atoms with Gasteiger partial charge in [-0.1, -0.05) is 65.2 Å². The summed E-state index contributed by atoms with van der Waals surface area (Å²) in [6.45, 7) is 4.62. The molecule has 0 fully saturated rings. The molecule has 0 aliphatic rings. The Balaban J connectivity index is 3.12. The first-order valence-electron chi connectivity index (χ1n) is 7.02. The summed E-state index contributed by atoms with van der Waals surface area (Å²) < 4.78 is 1.26. The zero-order valence-corrected chi connectivity index (χ0v) is 14.1. The molecule has 1 unspecified atom stereocenters. The van der Waals surface area contributed by atoms with Gasteiger partial charge in [-0.15, -0.1) is 22.4 Å². The average Bonchev–Trinajstić information content (AvgIpc) is 2.31. The van der Waals surface area contributed by atoms with Crippen LogP contribution < -0.4 is 0 Å². The molecule has 0 spiro atoms. The van der Waals surface area contributed by atoms with Gasteiger partial charge in [0.2, 0.25) is 0 Å². The summed E-state index contributed by atoms with van der Waals surface area (Å²) >= 11 is 4.61. The summed E-state index contributed by atoms with van der Waals surface area (Å²) in [4.78, 5) is 0. The van der Waals surface area contributed by atoms with Crippen LogP contribution in [0.5, 0.6) is 0 Å². The van der Waals surface area contributed by atoms with Crippen LogP contribution in [-0.2, 0) is 0 Å². The summed E-state index contributed by atoms with van der Waals surface area (Å²) in [6, 6.07) is 0. The van der Waals surface area contributed by atoms with E-state index in [1.54, 1.807) is 0 Å². The summed E-state index contributed by atoms with van der Waals surface area (Å²) in [6.07, 6.45) is 14.4. The molecule has 0 saturated carbocycles. The van der Waals surface area contributed by atoms with Crippen LogP contribution in [0.2, 0.25) is 0 Å². The average molecular weight is 354 g/mol.